The summed E-state index contributed by atoms with van der Waals surface area (Å²) in [5, 5.41) is 13.1. The van der Waals surface area contributed by atoms with Gasteiger partial charge in [0.1, 0.15) is 0 Å². The largest absolute Gasteiger partial charge is 0.353 e. The van der Waals surface area contributed by atoms with Crippen LogP contribution < -0.4 is 10.8 Å². The van der Waals surface area contributed by atoms with Crippen LogP contribution in [0.2, 0.25) is 10.0 Å². The predicted molar refractivity (Wildman–Crippen MR) is 74.8 cm³/mol. The van der Waals surface area contributed by atoms with Crippen molar-refractivity contribution in [1.82, 2.24) is 5.48 Å². The van der Waals surface area contributed by atoms with Gasteiger partial charge in [0, 0.05) is 12.2 Å². The standard InChI is InChI=1S/C13H12Cl2N2O/c14-10-5-3-6-11(15)13(10)17-12-7-2-1-4-9(12)8-16-18/h1-7,16-18H,8H2. The van der Waals surface area contributed by atoms with Gasteiger partial charge in [-0.15, -0.1) is 0 Å². The lowest BCUT2D eigenvalue weighted by Crippen LogP contribution is -2.08. The maximum absolute atomic E-state index is 8.79. The van der Waals surface area contributed by atoms with Crippen molar-refractivity contribution in [3.63, 3.8) is 0 Å². The van der Waals surface area contributed by atoms with Crippen molar-refractivity contribution in [2.24, 2.45) is 0 Å². The molecule has 0 saturated heterocycles. The van der Waals surface area contributed by atoms with E-state index in [-0.39, 0.29) is 0 Å². The molecule has 0 bridgehead atoms. The van der Waals surface area contributed by atoms with E-state index in [4.69, 9.17) is 28.4 Å². The summed E-state index contributed by atoms with van der Waals surface area (Å²) < 4.78 is 0. The summed E-state index contributed by atoms with van der Waals surface area (Å²) in [7, 11) is 0. The molecule has 2 aromatic rings. The van der Waals surface area contributed by atoms with Crippen LogP contribution in [0.5, 0.6) is 0 Å². The number of hydroxylamine groups is 1. The Bertz CT molecular complexity index is 526. The van der Waals surface area contributed by atoms with E-state index in [1.807, 2.05) is 24.3 Å². The topological polar surface area (TPSA) is 44.3 Å². The third-order valence-electron chi connectivity index (χ3n) is 2.51. The fourth-order valence-corrected chi connectivity index (χ4v) is 2.13. The monoisotopic (exact) mass is 282 g/mol. The fourth-order valence-electron chi connectivity index (χ4n) is 1.63. The fraction of sp³-hybridized carbons (Fsp3) is 0.0769. The van der Waals surface area contributed by atoms with Crippen molar-refractivity contribution in [2.45, 2.75) is 6.54 Å². The molecule has 0 heterocycles. The Labute approximate surface area is 115 Å². The van der Waals surface area contributed by atoms with E-state index in [0.717, 1.165) is 11.3 Å². The van der Waals surface area contributed by atoms with Crippen molar-refractivity contribution < 1.29 is 5.21 Å². The number of anilines is 2. The lowest BCUT2D eigenvalue weighted by atomic mass is 10.1. The van der Waals surface area contributed by atoms with Crippen LogP contribution in [0.15, 0.2) is 42.5 Å². The molecule has 94 valence electrons. The highest BCUT2D eigenvalue weighted by atomic mass is 35.5. The zero-order valence-corrected chi connectivity index (χ0v) is 11.0. The molecule has 0 aliphatic heterocycles. The number of halogens is 2. The first-order valence-electron chi connectivity index (χ1n) is 5.38. The van der Waals surface area contributed by atoms with Gasteiger partial charge in [0.05, 0.1) is 15.7 Å². The van der Waals surface area contributed by atoms with Crippen LogP contribution in [0.1, 0.15) is 5.56 Å². The van der Waals surface area contributed by atoms with Crippen molar-refractivity contribution in [2.75, 3.05) is 5.32 Å². The first-order valence-corrected chi connectivity index (χ1v) is 6.14. The van der Waals surface area contributed by atoms with E-state index in [1.165, 1.54) is 0 Å². The van der Waals surface area contributed by atoms with Crippen LogP contribution in [0.25, 0.3) is 0 Å². The van der Waals surface area contributed by atoms with Gasteiger partial charge < -0.3 is 10.5 Å². The van der Waals surface area contributed by atoms with E-state index < -0.39 is 0 Å². The van der Waals surface area contributed by atoms with Gasteiger partial charge in [-0.05, 0) is 23.8 Å². The zero-order valence-electron chi connectivity index (χ0n) is 9.45. The molecule has 0 aliphatic carbocycles. The Kier molecular flexibility index (Phi) is 4.44. The number of nitrogens with one attached hydrogen (secondary N) is 2. The Hall–Kier alpha value is -1.26. The molecule has 18 heavy (non-hydrogen) atoms. The van der Waals surface area contributed by atoms with Gasteiger partial charge in [0.15, 0.2) is 0 Å². The molecular formula is C13H12Cl2N2O. The van der Waals surface area contributed by atoms with Gasteiger partial charge in [-0.1, -0.05) is 47.5 Å². The summed E-state index contributed by atoms with van der Waals surface area (Å²) >= 11 is 12.2. The van der Waals surface area contributed by atoms with Crippen molar-refractivity contribution in [1.29, 1.82) is 0 Å². The van der Waals surface area contributed by atoms with Crippen LogP contribution in [0, 0.1) is 0 Å². The molecular weight excluding hydrogens is 271 g/mol. The summed E-state index contributed by atoms with van der Waals surface area (Å²) in [6, 6.07) is 12.9. The maximum Gasteiger partial charge on any atom is 0.0763 e. The molecule has 2 rings (SSSR count). The molecule has 3 nitrogen and oxygen atoms in total. The highest BCUT2D eigenvalue weighted by Gasteiger charge is 2.07. The van der Waals surface area contributed by atoms with Crippen LogP contribution >= 0.6 is 23.2 Å². The van der Waals surface area contributed by atoms with Crippen molar-refractivity contribution >= 4 is 34.6 Å². The van der Waals surface area contributed by atoms with Gasteiger partial charge >= 0.3 is 0 Å². The Balaban J connectivity index is 2.34. The molecule has 2 aromatic carbocycles. The molecule has 0 aromatic heterocycles. The quantitative estimate of drug-likeness (QED) is 0.736. The van der Waals surface area contributed by atoms with Crippen LogP contribution in [-0.2, 0) is 6.54 Å². The minimum absolute atomic E-state index is 0.339. The molecule has 0 amide bonds. The second-order valence-electron chi connectivity index (χ2n) is 3.71. The van der Waals surface area contributed by atoms with Crippen LogP contribution in [0.3, 0.4) is 0 Å². The third kappa shape index (κ3) is 2.94. The molecule has 0 fully saturated rings. The van der Waals surface area contributed by atoms with Crippen LogP contribution in [0.4, 0.5) is 11.4 Å². The summed E-state index contributed by atoms with van der Waals surface area (Å²) in [4.78, 5) is 0. The lowest BCUT2D eigenvalue weighted by Gasteiger charge is -2.13. The van der Waals surface area contributed by atoms with Gasteiger partial charge in [-0.3, -0.25) is 0 Å². The van der Waals surface area contributed by atoms with Crippen LogP contribution in [-0.4, -0.2) is 5.21 Å². The molecule has 3 N–H and O–H groups in total. The average molecular weight is 283 g/mol. The van der Waals surface area contributed by atoms with E-state index in [0.29, 0.717) is 22.3 Å². The van der Waals surface area contributed by atoms with Crippen molar-refractivity contribution in [3.8, 4) is 0 Å². The smallest absolute Gasteiger partial charge is 0.0763 e. The van der Waals surface area contributed by atoms with E-state index in [2.05, 4.69) is 10.8 Å². The minimum Gasteiger partial charge on any atom is -0.353 e. The second kappa shape index (κ2) is 6.07. The Morgan fingerprint density at radius 1 is 0.944 bits per heavy atom. The lowest BCUT2D eigenvalue weighted by molar-refractivity contribution is 0.161. The van der Waals surface area contributed by atoms with Gasteiger partial charge in [0.25, 0.3) is 0 Å². The SMILES string of the molecule is ONCc1ccccc1Nc1c(Cl)cccc1Cl. The highest BCUT2D eigenvalue weighted by Crippen LogP contribution is 2.33. The van der Waals surface area contributed by atoms with E-state index >= 15 is 0 Å². The molecule has 0 saturated carbocycles. The maximum atomic E-state index is 8.79. The number of benzene rings is 2. The Morgan fingerprint density at radius 2 is 1.61 bits per heavy atom. The third-order valence-corrected chi connectivity index (χ3v) is 3.14. The Morgan fingerprint density at radius 3 is 2.28 bits per heavy atom. The highest BCUT2D eigenvalue weighted by molar-refractivity contribution is 6.39. The van der Waals surface area contributed by atoms with E-state index in [1.54, 1.807) is 18.2 Å². The normalized spacial score (nSPS) is 10.4. The van der Waals surface area contributed by atoms with Crippen molar-refractivity contribution in [3.05, 3.63) is 58.1 Å². The summed E-state index contributed by atoms with van der Waals surface area (Å²) in [6.07, 6.45) is 0. The van der Waals surface area contributed by atoms with E-state index in [9.17, 15) is 0 Å². The predicted octanol–water partition coefficient (Wildman–Crippen LogP) is 4.22. The second-order valence-corrected chi connectivity index (χ2v) is 4.53. The molecule has 0 unspecified atom stereocenters. The molecule has 0 atom stereocenters. The molecule has 0 radical (unpaired) electrons. The minimum atomic E-state index is 0.339. The molecule has 0 spiro atoms. The summed E-state index contributed by atoms with van der Waals surface area (Å²) in [6.45, 7) is 0.339. The summed E-state index contributed by atoms with van der Waals surface area (Å²) in [5.74, 6) is 0. The van der Waals surface area contributed by atoms with Gasteiger partial charge in [0.2, 0.25) is 0 Å². The van der Waals surface area contributed by atoms with Gasteiger partial charge in [-0.25, -0.2) is 5.48 Å². The number of rotatable bonds is 4. The summed E-state index contributed by atoms with van der Waals surface area (Å²) in [5.41, 5.74) is 4.55. The number of hydrogen-bond acceptors (Lipinski definition) is 3. The number of hydrogen-bond donors (Lipinski definition) is 3. The average Bonchev–Trinajstić information content (AvgIpc) is 2.36. The molecule has 0 aliphatic rings. The van der Waals surface area contributed by atoms with Gasteiger partial charge in [-0.2, -0.15) is 0 Å². The zero-order chi connectivity index (χ0) is 13.0. The number of para-hydroxylation sites is 2. The molecule has 5 heteroatoms. The first kappa shape index (κ1) is 13.2. The first-order chi connectivity index (χ1) is 8.72.